The number of aryl methyl sites for hydroxylation is 1. The average molecular weight is 1260 g/mol. The molecule has 16 aromatic carbocycles. The molecule has 0 fully saturated rings. The molecule has 462 valence electrons. The van der Waals surface area contributed by atoms with E-state index in [0.29, 0.717) is 0 Å². The summed E-state index contributed by atoms with van der Waals surface area (Å²) in [6.07, 6.45) is 11.0. The van der Waals surface area contributed by atoms with Gasteiger partial charge in [0.25, 0.3) is 0 Å². The lowest BCUT2D eigenvalue weighted by Gasteiger charge is -2.29. The molecule has 0 saturated heterocycles. The van der Waals surface area contributed by atoms with Crippen molar-refractivity contribution in [3.05, 3.63) is 384 Å². The van der Waals surface area contributed by atoms with Crippen molar-refractivity contribution in [3.63, 3.8) is 0 Å². The Bertz CT molecular complexity index is 6030. The molecule has 0 atom stereocenters. The van der Waals surface area contributed by atoms with Gasteiger partial charge in [0.05, 0.1) is 22.1 Å². The van der Waals surface area contributed by atoms with Crippen molar-refractivity contribution in [3.8, 4) is 67.0 Å². The van der Waals surface area contributed by atoms with Crippen LogP contribution in [-0.4, -0.2) is 9.13 Å². The van der Waals surface area contributed by atoms with E-state index in [9.17, 15) is 0 Å². The zero-order valence-electron chi connectivity index (χ0n) is 54.4. The highest BCUT2D eigenvalue weighted by atomic mass is 15.0. The van der Waals surface area contributed by atoms with E-state index in [1.807, 2.05) is 0 Å². The fourth-order valence-corrected chi connectivity index (χ4v) is 16.7. The van der Waals surface area contributed by atoms with Gasteiger partial charge in [-0.15, -0.1) is 0 Å². The maximum atomic E-state index is 2.52. The number of hydrogen-bond acceptors (Lipinski definition) is 0. The molecule has 0 unspecified atom stereocenters. The van der Waals surface area contributed by atoms with Gasteiger partial charge in [-0.2, -0.15) is 0 Å². The third-order valence-corrected chi connectivity index (χ3v) is 21.7. The van der Waals surface area contributed by atoms with Crippen molar-refractivity contribution >= 4 is 100 Å². The van der Waals surface area contributed by atoms with E-state index in [0.717, 1.165) is 12.8 Å². The van der Waals surface area contributed by atoms with E-state index in [1.54, 1.807) is 0 Å². The van der Waals surface area contributed by atoms with Crippen LogP contribution in [0, 0.1) is 0 Å². The van der Waals surface area contributed by atoms with Crippen molar-refractivity contribution in [2.45, 2.75) is 18.3 Å². The minimum atomic E-state index is -0.274. The smallest absolute Gasteiger partial charge is 0.0541 e. The average Bonchev–Trinajstić information content (AvgIpc) is 1.54. The maximum absolute atomic E-state index is 2.52. The maximum Gasteiger partial charge on any atom is 0.0541 e. The molecule has 0 aliphatic heterocycles. The minimum absolute atomic E-state index is 0.274. The normalized spacial score (nSPS) is 14.1. The van der Waals surface area contributed by atoms with Crippen LogP contribution in [0.15, 0.2) is 340 Å². The molecule has 0 amide bonds. The fraction of sp³-hybridized carbons (Fsp3) is 0.0309. The second-order valence-electron chi connectivity index (χ2n) is 27.2. The van der Waals surface area contributed by atoms with Gasteiger partial charge in [-0.1, -0.05) is 285 Å². The number of rotatable bonds is 10. The van der Waals surface area contributed by atoms with Gasteiger partial charge < -0.3 is 9.13 Å². The molecule has 2 heterocycles. The monoisotopic (exact) mass is 1260 g/mol. The summed E-state index contributed by atoms with van der Waals surface area (Å²) < 4.78 is 4.81. The molecule has 0 saturated carbocycles. The predicted octanol–water partition coefficient (Wildman–Crippen LogP) is 25.6. The number of para-hydroxylation sites is 2. The molecule has 2 aliphatic rings. The summed E-state index contributed by atoms with van der Waals surface area (Å²) in [6.45, 7) is 0. The second kappa shape index (κ2) is 22.8. The Hall–Kier alpha value is -12.6. The highest BCUT2D eigenvalue weighted by molar-refractivity contribution is 6.12. The molecule has 0 N–H and O–H groups in total. The van der Waals surface area contributed by atoms with Gasteiger partial charge in [0, 0.05) is 38.3 Å². The quantitative estimate of drug-likeness (QED) is 0.121. The Balaban J connectivity index is 0.552. The lowest BCUT2D eigenvalue weighted by Crippen LogP contribution is -2.23. The third kappa shape index (κ3) is 9.47. The molecular formula is C97H64N2. The van der Waals surface area contributed by atoms with Gasteiger partial charge in [0.1, 0.15) is 0 Å². The fourth-order valence-electron chi connectivity index (χ4n) is 16.7. The summed E-state index contributed by atoms with van der Waals surface area (Å²) in [7, 11) is 0. The van der Waals surface area contributed by atoms with Crippen molar-refractivity contribution in [1.82, 2.24) is 9.13 Å². The summed E-state index contributed by atoms with van der Waals surface area (Å²) in [6, 6.07) is 127. The van der Waals surface area contributed by atoms with Gasteiger partial charge in [-0.05, 0) is 224 Å². The van der Waals surface area contributed by atoms with Gasteiger partial charge in [-0.25, -0.2) is 0 Å². The van der Waals surface area contributed by atoms with E-state index in [-0.39, 0.29) is 5.41 Å². The zero-order valence-corrected chi connectivity index (χ0v) is 54.4. The van der Waals surface area contributed by atoms with Crippen LogP contribution in [-0.2, 0) is 11.8 Å². The van der Waals surface area contributed by atoms with E-state index in [2.05, 4.69) is 373 Å². The van der Waals surface area contributed by atoms with Crippen molar-refractivity contribution in [2.75, 3.05) is 0 Å². The van der Waals surface area contributed by atoms with Crippen LogP contribution in [0.3, 0.4) is 0 Å². The zero-order chi connectivity index (χ0) is 65.1. The lowest BCUT2D eigenvalue weighted by molar-refractivity contribution is 0.627. The summed E-state index contributed by atoms with van der Waals surface area (Å²) in [5.41, 5.74) is 29.8. The highest BCUT2D eigenvalue weighted by Gasteiger charge is 2.49. The van der Waals surface area contributed by atoms with E-state index >= 15 is 0 Å². The lowest BCUT2D eigenvalue weighted by atomic mass is 9.72. The molecular weight excluding hydrogens is 1190 g/mol. The molecule has 99 heavy (non-hydrogen) atoms. The Morgan fingerprint density at radius 2 is 0.566 bits per heavy atom. The van der Waals surface area contributed by atoms with Crippen LogP contribution < -0.4 is 0 Å². The first-order valence-corrected chi connectivity index (χ1v) is 34.6. The minimum Gasteiger partial charge on any atom is -0.309 e. The summed E-state index contributed by atoms with van der Waals surface area (Å²) in [5.74, 6) is 0. The number of fused-ring (bicyclic) bond motifs is 16. The molecule has 0 bridgehead atoms. The number of aromatic nitrogens is 2. The molecule has 2 aliphatic carbocycles. The van der Waals surface area contributed by atoms with E-state index < -0.39 is 0 Å². The van der Waals surface area contributed by atoms with E-state index in [4.69, 9.17) is 0 Å². The molecule has 18 aromatic rings. The van der Waals surface area contributed by atoms with Gasteiger partial charge >= 0.3 is 0 Å². The van der Waals surface area contributed by atoms with E-state index in [1.165, 1.54) is 187 Å². The number of nitrogens with zero attached hydrogens (tertiary/aromatic N) is 2. The van der Waals surface area contributed by atoms with Gasteiger partial charge in [0.2, 0.25) is 0 Å². The molecule has 1 spiro atoms. The van der Waals surface area contributed by atoms with Crippen LogP contribution in [0.5, 0.6) is 0 Å². The molecule has 2 aromatic heterocycles. The first-order chi connectivity index (χ1) is 49.0. The summed E-state index contributed by atoms with van der Waals surface area (Å²) in [5, 5.41) is 12.6. The third-order valence-electron chi connectivity index (χ3n) is 21.7. The SMILES string of the molecule is C(=Cc1ccc(-c2ccc3c(c2)c2ccccc2n3-c2ccc3ccccc3c2)cc1)c1ccc(-c2ccc3c(c2)C2(CCc4cc5ccccc5cc42)c2cc(-c4ccc(C=Cc5ccc(-c6ccc7c(c6)c6ccccc6n7-c6ccc7ccccc7c6)cc5)cc4)ccc2-3)cc1. The Labute approximate surface area is 575 Å². The molecule has 2 heteroatoms. The molecule has 20 rings (SSSR count). The Morgan fingerprint density at radius 1 is 0.232 bits per heavy atom. The first-order valence-electron chi connectivity index (χ1n) is 34.6. The first kappa shape index (κ1) is 56.7. The van der Waals surface area contributed by atoms with Crippen LogP contribution in [0.2, 0.25) is 0 Å². The Morgan fingerprint density at radius 3 is 0.990 bits per heavy atom. The second-order valence-corrected chi connectivity index (χ2v) is 27.2. The van der Waals surface area contributed by atoms with Gasteiger partial charge in [-0.3, -0.25) is 0 Å². The highest BCUT2D eigenvalue weighted by Crippen LogP contribution is 2.60. The number of benzene rings is 16. The van der Waals surface area contributed by atoms with Crippen molar-refractivity contribution < 1.29 is 0 Å². The van der Waals surface area contributed by atoms with Crippen LogP contribution >= 0.6 is 0 Å². The molecule has 0 radical (unpaired) electrons. The predicted molar refractivity (Wildman–Crippen MR) is 420 cm³/mol. The number of hydrogen-bond donors (Lipinski definition) is 0. The van der Waals surface area contributed by atoms with Crippen molar-refractivity contribution in [1.29, 1.82) is 0 Å². The van der Waals surface area contributed by atoms with Crippen LogP contribution in [0.1, 0.15) is 50.9 Å². The largest absolute Gasteiger partial charge is 0.309 e. The summed E-state index contributed by atoms with van der Waals surface area (Å²) in [4.78, 5) is 0. The van der Waals surface area contributed by atoms with Crippen molar-refractivity contribution in [2.24, 2.45) is 0 Å². The topological polar surface area (TPSA) is 9.86 Å². The Kier molecular flexibility index (Phi) is 13.0. The standard InChI is InChI=1S/C97H64N2/c1-3-14-74-56-82(47-41-67(74)11-1)98-93-19-9-7-17-86(93)88-58-77(45-51-95(88)98)69-33-25-63(26-34-69)21-23-65-29-37-71(38-30-65)79-43-49-84-85-50-44-80(62-92(85)97(91(84)61-79)54-53-81-55-73-13-5-6-16-76(73)60-90(81)97)72-39-31-66(32-40-72)24-22-64-27-35-70(36-28-64)78-46-52-96-89(59-78)87-18-8-10-20-94(87)99(96)83-48-42-68-12-2-4-15-75(68)57-83/h1-52,55-62H,53-54H2. The van der Waals surface area contributed by atoms with Gasteiger partial charge in [0.15, 0.2) is 0 Å². The van der Waals surface area contributed by atoms with Crippen LogP contribution in [0.4, 0.5) is 0 Å². The van der Waals surface area contributed by atoms with Crippen LogP contribution in [0.25, 0.3) is 167 Å². The summed E-state index contributed by atoms with van der Waals surface area (Å²) >= 11 is 0. The molecule has 2 nitrogen and oxygen atoms in total.